The number of hydrogen-bond donors (Lipinski definition) is 2. The van der Waals surface area contributed by atoms with Crippen LogP contribution in [-0.2, 0) is 0 Å². The average molecular weight is 187 g/mol. The van der Waals surface area contributed by atoms with Gasteiger partial charge in [0.05, 0.1) is 23.7 Å². The second kappa shape index (κ2) is 39.8. The zero-order chi connectivity index (χ0) is 4.00. The number of halogens is 2. The van der Waals surface area contributed by atoms with E-state index in [-0.39, 0.29) is 93.4 Å². The molecule has 2 nitrogen and oxygen atoms in total. The second-order valence-corrected chi connectivity index (χ2v) is 0. The molecule has 0 fully saturated rings. The van der Waals surface area contributed by atoms with E-state index in [1.165, 1.54) is 0 Å². The van der Waals surface area contributed by atoms with Crippen molar-refractivity contribution in [2.24, 2.45) is 0 Å². The smallest absolute Gasteiger partial charge is 1.00 e. The normalized spacial score (nSPS) is 2.00. The molecule has 34 valence electrons. The SMILES string of the molecule is OCl.OCl.[Ca+2].[H-].[H-].[H-].[K+]. The van der Waals surface area contributed by atoms with Gasteiger partial charge in [0.1, 0.15) is 0 Å². The molecule has 0 aliphatic carbocycles. The Morgan fingerprint density at radius 2 is 1.00 bits per heavy atom. The van der Waals surface area contributed by atoms with Crippen LogP contribution in [0, 0.1) is 0 Å². The van der Waals surface area contributed by atoms with Gasteiger partial charge in [-0.15, -0.1) is 0 Å². The van der Waals surface area contributed by atoms with Gasteiger partial charge in [0.2, 0.25) is 0 Å². The van der Waals surface area contributed by atoms with Gasteiger partial charge in [-0.2, -0.15) is 0 Å². The molecule has 0 bridgehead atoms. The summed E-state index contributed by atoms with van der Waals surface area (Å²) >= 11 is 7.28. The van der Waals surface area contributed by atoms with E-state index in [4.69, 9.17) is 9.32 Å². The molecule has 0 amide bonds. The predicted molar refractivity (Wildman–Crippen MR) is 25.2 cm³/mol. The summed E-state index contributed by atoms with van der Waals surface area (Å²) < 4.78 is 12.9. The third-order valence-electron chi connectivity index (χ3n) is 0. The molecule has 0 saturated carbocycles. The third kappa shape index (κ3) is 26.2. The first-order valence-electron chi connectivity index (χ1n) is 0.338. The number of rotatable bonds is 0. The molecule has 0 heterocycles. The molecule has 0 unspecified atom stereocenters. The molecule has 0 rings (SSSR count). The van der Waals surface area contributed by atoms with Crippen LogP contribution in [0.4, 0.5) is 0 Å². The quantitative estimate of drug-likeness (QED) is 0.403. The molecule has 0 saturated heterocycles. The van der Waals surface area contributed by atoms with Gasteiger partial charge in [0.15, 0.2) is 0 Å². The summed E-state index contributed by atoms with van der Waals surface area (Å²) in [5.41, 5.74) is 0. The Balaban J connectivity index is -0.00000000114. The molecule has 0 aliphatic heterocycles. The van der Waals surface area contributed by atoms with Gasteiger partial charge < -0.3 is 4.28 Å². The maximum absolute atomic E-state index is 6.47. The molecular formula is H5CaCl2KO2. The average Bonchev–Trinajstić information content (AvgIpc) is 1.50. The predicted octanol–water partition coefficient (Wildman–Crippen LogP) is -2.77. The molecule has 0 aromatic heterocycles. The van der Waals surface area contributed by atoms with Crippen LogP contribution >= 0.6 is 23.7 Å². The van der Waals surface area contributed by atoms with Crippen LogP contribution in [0.5, 0.6) is 0 Å². The first kappa shape index (κ1) is 22.7. The minimum atomic E-state index is 0. The van der Waals surface area contributed by atoms with Crippen molar-refractivity contribution in [1.29, 1.82) is 0 Å². The van der Waals surface area contributed by atoms with Gasteiger partial charge >= 0.3 is 89.1 Å². The Bertz CT molecular complexity index is 19.8. The summed E-state index contributed by atoms with van der Waals surface area (Å²) in [5.74, 6) is 0. The molecule has 0 spiro atoms. The summed E-state index contributed by atoms with van der Waals surface area (Å²) in [6, 6.07) is 0. The molecule has 6 heteroatoms. The van der Waals surface area contributed by atoms with Crippen LogP contribution in [0.25, 0.3) is 0 Å². The fraction of sp³-hybridized carbons (Fsp3) is 0. The number of hydrogen-bond acceptors (Lipinski definition) is 2. The summed E-state index contributed by atoms with van der Waals surface area (Å²) in [4.78, 5) is 0. The molecule has 0 aromatic rings. The van der Waals surface area contributed by atoms with E-state index in [0.717, 1.165) is 0 Å². The van der Waals surface area contributed by atoms with Crippen molar-refractivity contribution in [2.45, 2.75) is 0 Å². The Morgan fingerprint density at radius 3 is 1.00 bits per heavy atom. The molecule has 0 aromatic carbocycles. The van der Waals surface area contributed by atoms with Crippen LogP contribution < -0.4 is 51.4 Å². The van der Waals surface area contributed by atoms with Crippen LogP contribution in [-0.4, -0.2) is 47.1 Å². The molecule has 0 aliphatic rings. The van der Waals surface area contributed by atoms with Gasteiger partial charge in [0, 0.05) is 0 Å². The van der Waals surface area contributed by atoms with Gasteiger partial charge in [-0.25, -0.2) is 0 Å². The topological polar surface area (TPSA) is 40.5 Å². The second-order valence-electron chi connectivity index (χ2n) is 0. The first-order valence-corrected chi connectivity index (χ1v) is 1.01. The van der Waals surface area contributed by atoms with Gasteiger partial charge in [-0.3, -0.25) is 9.32 Å². The molecule has 2 N–H and O–H groups in total. The molecule has 6 heavy (non-hydrogen) atoms. The van der Waals surface area contributed by atoms with E-state index in [2.05, 4.69) is 23.7 Å². The van der Waals surface area contributed by atoms with E-state index in [1.54, 1.807) is 0 Å². The van der Waals surface area contributed by atoms with Crippen molar-refractivity contribution in [3.8, 4) is 0 Å². The third-order valence-corrected chi connectivity index (χ3v) is 0. The minimum Gasteiger partial charge on any atom is -1.00 e. The fourth-order valence-corrected chi connectivity index (χ4v) is 0. The Labute approximate surface area is 123 Å². The Kier molecular flexibility index (Phi) is 151. The Hall–Kier alpha value is 3.40. The standard InChI is InChI=1S/Ca.2ClHO.K.3H/c;2*1-2;;;;/h;2*2H;;;;/q+2;;;+1;3*-1. The van der Waals surface area contributed by atoms with Crippen LogP contribution in [0.1, 0.15) is 4.28 Å². The summed E-state index contributed by atoms with van der Waals surface area (Å²) in [6.45, 7) is 0. The van der Waals surface area contributed by atoms with Gasteiger partial charge in [-0.05, 0) is 0 Å². The van der Waals surface area contributed by atoms with Crippen molar-refractivity contribution in [3.63, 3.8) is 0 Å². The zero-order valence-corrected chi connectivity index (χ0v) is 10.2. The molecular weight excluding hydrogens is 182 g/mol. The van der Waals surface area contributed by atoms with Crippen molar-refractivity contribution in [2.75, 3.05) is 0 Å². The molecule has 0 atom stereocenters. The van der Waals surface area contributed by atoms with Gasteiger partial charge in [-0.1, -0.05) is 0 Å². The zero-order valence-electron chi connectivity index (χ0n) is 6.36. The maximum Gasteiger partial charge on any atom is 2.00 e. The van der Waals surface area contributed by atoms with Crippen LogP contribution in [0.2, 0.25) is 0 Å². The Morgan fingerprint density at radius 1 is 1.00 bits per heavy atom. The monoisotopic (exact) mass is 186 g/mol. The fourth-order valence-electron chi connectivity index (χ4n) is 0. The van der Waals surface area contributed by atoms with Crippen molar-refractivity contribution in [3.05, 3.63) is 0 Å². The summed E-state index contributed by atoms with van der Waals surface area (Å²) in [5, 5.41) is 0. The van der Waals surface area contributed by atoms with Crippen molar-refractivity contribution >= 4 is 61.5 Å². The van der Waals surface area contributed by atoms with E-state index >= 15 is 0 Å². The first-order chi connectivity index (χ1) is 2.00. The van der Waals surface area contributed by atoms with E-state index < -0.39 is 0 Å². The molecule has 0 radical (unpaired) electrons. The summed E-state index contributed by atoms with van der Waals surface area (Å²) in [7, 11) is 0. The van der Waals surface area contributed by atoms with E-state index in [1.807, 2.05) is 0 Å². The van der Waals surface area contributed by atoms with Crippen LogP contribution in [0.15, 0.2) is 0 Å². The minimum absolute atomic E-state index is 0. The van der Waals surface area contributed by atoms with E-state index in [0.29, 0.717) is 0 Å². The van der Waals surface area contributed by atoms with E-state index in [9.17, 15) is 0 Å². The van der Waals surface area contributed by atoms with Crippen molar-refractivity contribution in [1.82, 2.24) is 0 Å². The van der Waals surface area contributed by atoms with Crippen molar-refractivity contribution < 1.29 is 65.0 Å². The maximum atomic E-state index is 6.47. The van der Waals surface area contributed by atoms with Crippen LogP contribution in [0.3, 0.4) is 0 Å². The van der Waals surface area contributed by atoms with Gasteiger partial charge in [0.25, 0.3) is 0 Å². The largest absolute Gasteiger partial charge is 2.00 e. The summed E-state index contributed by atoms with van der Waals surface area (Å²) in [6.07, 6.45) is 0.